The van der Waals surface area contributed by atoms with E-state index in [-0.39, 0.29) is 18.2 Å². The van der Waals surface area contributed by atoms with Gasteiger partial charge in [0.05, 0.1) is 12.3 Å². The minimum atomic E-state index is -1.49. The second kappa shape index (κ2) is 8.74. The number of nitrogens with zero attached hydrogens (tertiary/aromatic N) is 4. The van der Waals surface area contributed by atoms with Gasteiger partial charge in [0.2, 0.25) is 5.91 Å². The zero-order chi connectivity index (χ0) is 19.3. The first-order valence-electron chi connectivity index (χ1n) is 8.22. The van der Waals surface area contributed by atoms with Gasteiger partial charge in [-0.1, -0.05) is 71.7 Å². The average molecular weight is 424 g/mol. The molecule has 0 bridgehead atoms. The van der Waals surface area contributed by atoms with Crippen molar-refractivity contribution in [1.29, 1.82) is 0 Å². The zero-order valence-electron chi connectivity index (χ0n) is 14.3. The van der Waals surface area contributed by atoms with Gasteiger partial charge in [0, 0.05) is 5.69 Å². The predicted octanol–water partition coefficient (Wildman–Crippen LogP) is 4.47. The molecule has 27 heavy (non-hydrogen) atoms. The number of anilines is 1. The van der Waals surface area contributed by atoms with Crippen molar-refractivity contribution in [2.75, 3.05) is 10.8 Å². The lowest BCUT2D eigenvalue weighted by Gasteiger charge is -2.38. The monoisotopic (exact) mass is 422 g/mol. The van der Waals surface area contributed by atoms with E-state index in [1.165, 1.54) is 22.2 Å². The third-order valence-corrected chi connectivity index (χ3v) is 5.34. The Morgan fingerprint density at radius 1 is 1.07 bits per heavy atom. The number of hydrogen-bond donors (Lipinski definition) is 0. The maximum Gasteiger partial charge on any atom is 0.233 e. The first kappa shape index (κ1) is 19.7. The Balaban J connectivity index is 2.06. The van der Waals surface area contributed by atoms with Crippen LogP contribution in [-0.4, -0.2) is 30.9 Å². The number of para-hydroxylation sites is 1. The number of carbonyl (C=O) groups excluding carboxylic acids is 1. The molecule has 2 aromatic carbocycles. The molecule has 1 aromatic heterocycles. The van der Waals surface area contributed by atoms with Crippen LogP contribution in [0.1, 0.15) is 11.7 Å². The summed E-state index contributed by atoms with van der Waals surface area (Å²) in [5.74, 6) is -0.300. The van der Waals surface area contributed by atoms with Crippen LogP contribution in [0.3, 0.4) is 0 Å². The highest BCUT2D eigenvalue weighted by Crippen LogP contribution is 2.40. The van der Waals surface area contributed by atoms with Gasteiger partial charge in [-0.25, -0.2) is 9.67 Å². The van der Waals surface area contributed by atoms with Crippen LogP contribution in [0.25, 0.3) is 0 Å². The van der Waals surface area contributed by atoms with E-state index in [0.717, 1.165) is 5.56 Å². The number of aromatic nitrogens is 3. The van der Waals surface area contributed by atoms with E-state index in [1.807, 2.05) is 60.7 Å². The van der Waals surface area contributed by atoms with Crippen molar-refractivity contribution in [3.8, 4) is 0 Å². The Bertz CT molecular complexity index is 857. The summed E-state index contributed by atoms with van der Waals surface area (Å²) in [6.45, 7) is 0. The molecule has 5 nitrogen and oxygen atoms in total. The van der Waals surface area contributed by atoms with E-state index >= 15 is 0 Å². The van der Waals surface area contributed by atoms with E-state index < -0.39 is 10.5 Å². The van der Waals surface area contributed by atoms with E-state index in [4.69, 9.17) is 34.8 Å². The molecule has 0 aliphatic carbocycles. The van der Waals surface area contributed by atoms with E-state index in [9.17, 15) is 4.79 Å². The Labute approximate surface area is 172 Å². The van der Waals surface area contributed by atoms with Crippen LogP contribution >= 0.6 is 34.8 Å². The van der Waals surface area contributed by atoms with Crippen LogP contribution in [-0.2, 0) is 11.2 Å². The van der Waals surface area contributed by atoms with Crippen LogP contribution in [0.4, 0.5) is 5.69 Å². The highest BCUT2D eigenvalue weighted by molar-refractivity contribution is 6.52. The average Bonchev–Trinajstić information content (AvgIpc) is 3.21. The Kier molecular flexibility index (Phi) is 6.37. The zero-order valence-corrected chi connectivity index (χ0v) is 16.5. The highest BCUT2D eigenvalue weighted by atomic mass is 35.5. The van der Waals surface area contributed by atoms with Crippen molar-refractivity contribution >= 4 is 46.4 Å². The minimum absolute atomic E-state index is 0.109. The van der Waals surface area contributed by atoms with E-state index in [1.54, 1.807) is 0 Å². The lowest BCUT2D eigenvalue weighted by atomic mass is 10.1. The van der Waals surface area contributed by atoms with Crippen LogP contribution in [0.2, 0.25) is 0 Å². The molecule has 1 heterocycles. The molecule has 3 aromatic rings. The smallest absolute Gasteiger partial charge is 0.233 e. The summed E-state index contributed by atoms with van der Waals surface area (Å²) >= 11 is 19.1. The molecule has 0 aliphatic heterocycles. The van der Waals surface area contributed by atoms with Crippen LogP contribution < -0.4 is 4.90 Å². The van der Waals surface area contributed by atoms with Gasteiger partial charge in [-0.2, -0.15) is 5.10 Å². The molecule has 0 radical (unpaired) electrons. The third kappa shape index (κ3) is 4.61. The Morgan fingerprint density at radius 2 is 1.70 bits per heavy atom. The van der Waals surface area contributed by atoms with Gasteiger partial charge < -0.3 is 0 Å². The molecule has 1 amide bonds. The molecule has 1 atom stereocenters. The molecule has 8 heteroatoms. The molecule has 0 saturated heterocycles. The topological polar surface area (TPSA) is 51.0 Å². The van der Waals surface area contributed by atoms with Crippen molar-refractivity contribution in [3.05, 3.63) is 78.9 Å². The molecule has 1 unspecified atom stereocenters. The lowest BCUT2D eigenvalue weighted by Crippen LogP contribution is -2.48. The number of amides is 1. The normalized spacial score (nSPS) is 12.6. The molecule has 0 N–H and O–H groups in total. The number of halogens is 3. The van der Waals surface area contributed by atoms with Crippen molar-refractivity contribution in [1.82, 2.24) is 14.8 Å². The molecular weight excluding hydrogens is 407 g/mol. The number of benzene rings is 2. The molecule has 0 aliphatic rings. The second-order valence-electron chi connectivity index (χ2n) is 5.91. The Hall–Kier alpha value is -2.08. The molecule has 140 valence electrons. The van der Waals surface area contributed by atoms with Crippen LogP contribution in [0.5, 0.6) is 0 Å². The predicted molar refractivity (Wildman–Crippen MR) is 108 cm³/mol. The van der Waals surface area contributed by atoms with Crippen molar-refractivity contribution in [2.45, 2.75) is 16.9 Å². The summed E-state index contributed by atoms with van der Waals surface area (Å²) < 4.78 is -0.0459. The summed E-state index contributed by atoms with van der Waals surface area (Å²) in [6.07, 6.45) is 2.12. The first-order chi connectivity index (χ1) is 13.0. The van der Waals surface area contributed by atoms with E-state index in [0.29, 0.717) is 5.69 Å². The number of hydrogen-bond acceptors (Lipinski definition) is 3. The third-order valence-electron chi connectivity index (χ3n) is 3.99. The first-order valence-corrected chi connectivity index (χ1v) is 9.51. The molecule has 0 saturated carbocycles. The summed E-state index contributed by atoms with van der Waals surface area (Å²) in [7, 11) is 0. The Morgan fingerprint density at radius 3 is 2.26 bits per heavy atom. The largest absolute Gasteiger partial charge is 0.286 e. The van der Waals surface area contributed by atoms with Gasteiger partial charge >= 0.3 is 0 Å². The SMILES string of the molecule is O=C(Cc1ccccc1)N(c1ccccc1)C(n1cncn1)C(Cl)(Cl)CCl. The van der Waals surface area contributed by atoms with Gasteiger partial charge in [-0.15, -0.1) is 11.6 Å². The number of rotatable bonds is 7. The summed E-state index contributed by atoms with van der Waals surface area (Å²) in [5.41, 5.74) is 1.51. The lowest BCUT2D eigenvalue weighted by molar-refractivity contribution is -0.119. The molecule has 3 rings (SSSR count). The fraction of sp³-hybridized carbons (Fsp3) is 0.211. The fourth-order valence-corrected chi connectivity index (χ4v) is 3.31. The summed E-state index contributed by atoms with van der Waals surface area (Å²) in [6, 6.07) is 18.6. The minimum Gasteiger partial charge on any atom is -0.286 e. The maximum atomic E-state index is 13.3. The van der Waals surface area contributed by atoms with Gasteiger partial charge in [0.25, 0.3) is 0 Å². The number of carbonyl (C=O) groups is 1. The van der Waals surface area contributed by atoms with Gasteiger partial charge in [-0.3, -0.25) is 9.69 Å². The molecule has 0 spiro atoms. The van der Waals surface area contributed by atoms with Crippen molar-refractivity contribution in [3.63, 3.8) is 0 Å². The summed E-state index contributed by atoms with van der Waals surface area (Å²) in [5, 5.41) is 4.15. The van der Waals surface area contributed by atoms with Crippen molar-refractivity contribution < 1.29 is 4.79 Å². The van der Waals surface area contributed by atoms with Gasteiger partial charge in [0.1, 0.15) is 12.7 Å². The summed E-state index contributed by atoms with van der Waals surface area (Å²) in [4.78, 5) is 18.8. The quantitative estimate of drug-likeness (QED) is 0.527. The standard InChI is InChI=1S/C19H17Cl3N4O/c20-12-19(21,22)18(25-14-23-13-24-25)26(16-9-5-2-6-10-16)17(27)11-15-7-3-1-4-8-15/h1-10,13-14,18H,11-12H2. The molecule has 0 fully saturated rings. The van der Waals surface area contributed by atoms with Crippen LogP contribution in [0.15, 0.2) is 73.3 Å². The van der Waals surface area contributed by atoms with Gasteiger partial charge in [-0.05, 0) is 17.7 Å². The maximum absolute atomic E-state index is 13.3. The van der Waals surface area contributed by atoms with Crippen LogP contribution in [0, 0.1) is 0 Å². The molecular formula is C19H17Cl3N4O. The van der Waals surface area contributed by atoms with Crippen molar-refractivity contribution in [2.24, 2.45) is 0 Å². The second-order valence-corrected chi connectivity index (χ2v) is 7.72. The van der Waals surface area contributed by atoms with Gasteiger partial charge in [0.15, 0.2) is 10.5 Å². The highest BCUT2D eigenvalue weighted by Gasteiger charge is 2.43. The number of alkyl halides is 3. The van der Waals surface area contributed by atoms with E-state index in [2.05, 4.69) is 10.1 Å². The fourth-order valence-electron chi connectivity index (χ4n) is 2.78.